The summed E-state index contributed by atoms with van der Waals surface area (Å²) in [6.45, 7) is 1.24. The Morgan fingerprint density at radius 1 is 1.45 bits per heavy atom. The number of rotatable bonds is 3. The second-order valence-corrected chi connectivity index (χ2v) is 5.41. The average molecular weight is 311 g/mol. The van der Waals surface area contributed by atoms with Gasteiger partial charge < -0.3 is 24.6 Å². The van der Waals surface area contributed by atoms with E-state index in [-0.39, 0.29) is 11.8 Å². The van der Waals surface area contributed by atoms with Crippen LogP contribution in [0.4, 0.5) is 4.39 Å². The van der Waals surface area contributed by atoms with Gasteiger partial charge in [0, 0.05) is 25.1 Å². The summed E-state index contributed by atoms with van der Waals surface area (Å²) in [6, 6.07) is 0.911. The molecule has 0 bridgehead atoms. The van der Waals surface area contributed by atoms with E-state index in [2.05, 4.69) is 5.32 Å². The normalized spacial score (nSPS) is 23.9. The highest BCUT2D eigenvalue weighted by Gasteiger charge is 2.36. The fourth-order valence-corrected chi connectivity index (χ4v) is 2.95. The molecule has 22 heavy (non-hydrogen) atoms. The van der Waals surface area contributed by atoms with Crippen molar-refractivity contribution in [2.75, 3.05) is 26.9 Å². The molecule has 0 radical (unpaired) electrons. The Morgan fingerprint density at radius 3 is 2.91 bits per heavy atom. The highest BCUT2D eigenvalue weighted by Crippen LogP contribution is 2.46. The fraction of sp³-hybridized carbons (Fsp3) is 0.533. The monoisotopic (exact) mass is 311 g/mol. The van der Waals surface area contributed by atoms with E-state index in [1.807, 2.05) is 0 Å². The molecule has 120 valence electrons. The number of hydrogen-bond acceptors (Lipinski definition) is 5. The van der Waals surface area contributed by atoms with Crippen LogP contribution < -0.4 is 19.5 Å². The number of methoxy groups -OCH3 is 1. The third-order valence-electron chi connectivity index (χ3n) is 4.01. The zero-order valence-electron chi connectivity index (χ0n) is 12.2. The molecule has 0 amide bonds. The summed E-state index contributed by atoms with van der Waals surface area (Å²) in [5.74, 6) is -1.06. The molecule has 2 unspecified atom stereocenters. The first kappa shape index (κ1) is 14.9. The van der Waals surface area contributed by atoms with Gasteiger partial charge >= 0.3 is 5.97 Å². The van der Waals surface area contributed by atoms with Crippen LogP contribution in [0.2, 0.25) is 0 Å². The zero-order chi connectivity index (χ0) is 15.7. The van der Waals surface area contributed by atoms with E-state index >= 15 is 0 Å². The Balaban J connectivity index is 2.05. The summed E-state index contributed by atoms with van der Waals surface area (Å²) in [5.41, 5.74) is 0.503. The molecule has 0 aliphatic carbocycles. The van der Waals surface area contributed by atoms with Crippen LogP contribution in [0.25, 0.3) is 0 Å². The van der Waals surface area contributed by atoms with Gasteiger partial charge in [-0.25, -0.2) is 4.39 Å². The second-order valence-electron chi connectivity index (χ2n) is 5.41. The van der Waals surface area contributed by atoms with Gasteiger partial charge in [0.1, 0.15) is 0 Å². The van der Waals surface area contributed by atoms with Crippen molar-refractivity contribution in [1.82, 2.24) is 5.32 Å². The summed E-state index contributed by atoms with van der Waals surface area (Å²) in [5, 5.41) is 12.3. The van der Waals surface area contributed by atoms with Crippen LogP contribution in [0.1, 0.15) is 24.4 Å². The topological polar surface area (TPSA) is 77.0 Å². The number of carbonyl (C=O) groups is 1. The molecule has 1 saturated heterocycles. The second kappa shape index (κ2) is 6.00. The number of halogens is 1. The van der Waals surface area contributed by atoms with Gasteiger partial charge in [-0.05, 0) is 6.42 Å². The third-order valence-corrected chi connectivity index (χ3v) is 4.01. The molecule has 2 atom stereocenters. The first-order valence-corrected chi connectivity index (χ1v) is 7.24. The van der Waals surface area contributed by atoms with Gasteiger partial charge in [0.15, 0.2) is 23.1 Å². The number of benzene rings is 1. The van der Waals surface area contributed by atoms with Gasteiger partial charge in [-0.3, -0.25) is 4.79 Å². The van der Waals surface area contributed by atoms with Crippen molar-refractivity contribution in [3.8, 4) is 17.2 Å². The van der Waals surface area contributed by atoms with E-state index in [9.17, 15) is 9.18 Å². The summed E-state index contributed by atoms with van der Waals surface area (Å²) >= 11 is 0. The molecule has 0 spiro atoms. The van der Waals surface area contributed by atoms with Crippen LogP contribution in [-0.4, -0.2) is 37.9 Å². The van der Waals surface area contributed by atoms with Crippen LogP contribution in [0.3, 0.4) is 0 Å². The van der Waals surface area contributed by atoms with Crippen molar-refractivity contribution in [3.05, 3.63) is 17.4 Å². The van der Waals surface area contributed by atoms with Crippen molar-refractivity contribution in [2.24, 2.45) is 5.92 Å². The van der Waals surface area contributed by atoms with Crippen LogP contribution in [-0.2, 0) is 4.79 Å². The first-order chi connectivity index (χ1) is 10.6. The quantitative estimate of drug-likeness (QED) is 0.885. The van der Waals surface area contributed by atoms with Crippen LogP contribution in [0, 0.1) is 11.7 Å². The molecular formula is C15H18FNO5. The number of carboxylic acid groups (broad SMARTS) is 1. The van der Waals surface area contributed by atoms with Crippen LogP contribution in [0.5, 0.6) is 17.2 Å². The SMILES string of the molecule is COc1c(F)cc2c(c1C1CC(C(=O)O)CN1)OCCCO2. The van der Waals surface area contributed by atoms with Gasteiger partial charge in [0.25, 0.3) is 0 Å². The number of aliphatic carboxylic acids is 1. The lowest BCUT2D eigenvalue weighted by atomic mass is 9.97. The van der Waals surface area contributed by atoms with Gasteiger partial charge in [-0.1, -0.05) is 0 Å². The smallest absolute Gasteiger partial charge is 0.307 e. The predicted molar refractivity (Wildman–Crippen MR) is 75.0 cm³/mol. The minimum Gasteiger partial charge on any atom is -0.493 e. The van der Waals surface area contributed by atoms with Gasteiger partial charge in [-0.2, -0.15) is 0 Å². The lowest BCUT2D eigenvalue weighted by molar-refractivity contribution is -0.141. The molecule has 6 nitrogen and oxygen atoms in total. The number of nitrogens with one attached hydrogen (secondary N) is 1. The molecular weight excluding hydrogens is 293 g/mol. The van der Waals surface area contributed by atoms with Crippen molar-refractivity contribution in [2.45, 2.75) is 18.9 Å². The van der Waals surface area contributed by atoms with E-state index in [0.717, 1.165) is 0 Å². The molecule has 2 aliphatic rings. The van der Waals surface area contributed by atoms with E-state index in [1.165, 1.54) is 13.2 Å². The number of ether oxygens (including phenoxy) is 3. The van der Waals surface area contributed by atoms with Crippen LogP contribution in [0.15, 0.2) is 6.07 Å². The molecule has 1 fully saturated rings. The highest BCUT2D eigenvalue weighted by atomic mass is 19.1. The third kappa shape index (κ3) is 2.56. The Bertz CT molecular complexity index is 592. The maximum absolute atomic E-state index is 14.3. The lowest BCUT2D eigenvalue weighted by Gasteiger charge is -2.21. The minimum absolute atomic E-state index is 0.0767. The molecule has 0 aromatic heterocycles. The molecule has 3 rings (SSSR count). The van der Waals surface area contributed by atoms with E-state index in [1.54, 1.807) is 0 Å². The molecule has 1 aromatic rings. The Labute approximate surface area is 127 Å². The lowest BCUT2D eigenvalue weighted by Crippen LogP contribution is -2.18. The largest absolute Gasteiger partial charge is 0.493 e. The van der Waals surface area contributed by atoms with E-state index in [4.69, 9.17) is 19.3 Å². The maximum atomic E-state index is 14.3. The van der Waals surface area contributed by atoms with Crippen molar-refractivity contribution in [1.29, 1.82) is 0 Å². The highest BCUT2D eigenvalue weighted by molar-refractivity contribution is 5.71. The number of carboxylic acids is 1. The summed E-state index contributed by atoms with van der Waals surface area (Å²) in [4.78, 5) is 11.1. The molecule has 2 heterocycles. The summed E-state index contributed by atoms with van der Waals surface area (Å²) < 4.78 is 30.7. The zero-order valence-corrected chi connectivity index (χ0v) is 12.2. The standard InChI is InChI=1S/C15H18FNO5/c1-20-13-9(16)6-11-14(22-4-2-3-21-11)12(13)10-5-8(7-17-10)15(18)19/h6,8,10,17H,2-5,7H2,1H3,(H,18,19). The van der Waals surface area contributed by atoms with Crippen molar-refractivity contribution < 1.29 is 28.5 Å². The average Bonchev–Trinajstić information content (AvgIpc) is 2.86. The summed E-state index contributed by atoms with van der Waals surface area (Å²) in [6.07, 6.45) is 1.05. The fourth-order valence-electron chi connectivity index (χ4n) is 2.95. The Morgan fingerprint density at radius 2 is 2.23 bits per heavy atom. The Kier molecular flexibility index (Phi) is 4.06. The van der Waals surface area contributed by atoms with Crippen LogP contribution >= 0.6 is 0 Å². The maximum Gasteiger partial charge on any atom is 0.307 e. The number of fused-ring (bicyclic) bond motifs is 1. The van der Waals surface area contributed by atoms with Crippen molar-refractivity contribution in [3.63, 3.8) is 0 Å². The summed E-state index contributed by atoms with van der Waals surface area (Å²) in [7, 11) is 1.38. The van der Waals surface area contributed by atoms with Gasteiger partial charge in [-0.15, -0.1) is 0 Å². The predicted octanol–water partition coefficient (Wildman–Crippen LogP) is 1.73. The van der Waals surface area contributed by atoms with E-state index < -0.39 is 17.7 Å². The number of hydrogen-bond donors (Lipinski definition) is 2. The molecule has 2 N–H and O–H groups in total. The minimum atomic E-state index is -0.867. The van der Waals surface area contributed by atoms with E-state index in [0.29, 0.717) is 49.7 Å². The molecule has 2 aliphatic heterocycles. The molecule has 1 aromatic carbocycles. The molecule has 7 heteroatoms. The Hall–Kier alpha value is -2.02. The molecule has 0 saturated carbocycles. The van der Waals surface area contributed by atoms with Gasteiger partial charge in [0.05, 0.1) is 31.8 Å². The first-order valence-electron chi connectivity index (χ1n) is 7.24. The van der Waals surface area contributed by atoms with Gasteiger partial charge in [0.2, 0.25) is 0 Å². The van der Waals surface area contributed by atoms with Crippen molar-refractivity contribution >= 4 is 5.97 Å².